The van der Waals surface area contributed by atoms with Gasteiger partial charge in [0.2, 0.25) is 5.95 Å². The first-order valence-corrected chi connectivity index (χ1v) is 8.55. The lowest BCUT2D eigenvalue weighted by Crippen LogP contribution is -2.30. The molecule has 6 heteroatoms. The molecule has 3 rings (SSSR count). The lowest BCUT2D eigenvalue weighted by atomic mass is 10.2. The van der Waals surface area contributed by atoms with E-state index in [0.717, 1.165) is 11.3 Å². The van der Waals surface area contributed by atoms with Crippen LogP contribution in [0.1, 0.15) is 28.5 Å². The summed E-state index contributed by atoms with van der Waals surface area (Å²) in [7, 11) is 0. The highest BCUT2D eigenvalue weighted by atomic mass is 16.2. The van der Waals surface area contributed by atoms with E-state index in [1.54, 1.807) is 23.5 Å². The minimum atomic E-state index is -0.0763. The van der Waals surface area contributed by atoms with Crippen molar-refractivity contribution in [2.45, 2.75) is 20.0 Å². The molecule has 0 saturated carbocycles. The van der Waals surface area contributed by atoms with Gasteiger partial charge in [0.1, 0.15) is 0 Å². The van der Waals surface area contributed by atoms with Crippen molar-refractivity contribution in [3.63, 3.8) is 0 Å². The molecule has 3 aromatic rings. The van der Waals surface area contributed by atoms with Gasteiger partial charge >= 0.3 is 0 Å². The van der Waals surface area contributed by atoms with Crippen LogP contribution in [-0.4, -0.2) is 32.3 Å². The number of nitrogens with zero attached hydrogens (tertiary/aromatic N) is 4. The summed E-state index contributed by atoms with van der Waals surface area (Å²) in [4.78, 5) is 27.2. The van der Waals surface area contributed by atoms with Gasteiger partial charge in [-0.15, -0.1) is 0 Å². The second kappa shape index (κ2) is 8.71. The predicted octanol–water partition coefficient (Wildman–Crippen LogP) is 3.15. The molecule has 1 N–H and O–H groups in total. The molecule has 0 radical (unpaired) electrons. The smallest absolute Gasteiger partial charge is 0.257 e. The van der Waals surface area contributed by atoms with E-state index >= 15 is 0 Å². The second-order valence-corrected chi connectivity index (χ2v) is 5.77. The number of amides is 1. The normalized spacial score (nSPS) is 10.3. The minimum Gasteiger partial charge on any atom is -0.349 e. The molecule has 132 valence electrons. The van der Waals surface area contributed by atoms with Gasteiger partial charge in [-0.1, -0.05) is 36.4 Å². The SMILES string of the molecule is CCN(Cc1ccccc1)C(=O)c1cnc(NCc2ccccn2)nc1. The van der Waals surface area contributed by atoms with Gasteiger partial charge in [0.05, 0.1) is 17.8 Å². The molecule has 2 heterocycles. The summed E-state index contributed by atoms with van der Waals surface area (Å²) in [5.41, 5.74) is 2.47. The van der Waals surface area contributed by atoms with Crippen LogP contribution >= 0.6 is 0 Å². The van der Waals surface area contributed by atoms with Crippen LogP contribution in [0.3, 0.4) is 0 Å². The average Bonchev–Trinajstić information content (AvgIpc) is 2.72. The number of anilines is 1. The van der Waals surface area contributed by atoms with Crippen molar-refractivity contribution in [1.82, 2.24) is 19.9 Å². The molecule has 0 atom stereocenters. The quantitative estimate of drug-likeness (QED) is 0.711. The van der Waals surface area contributed by atoms with E-state index in [1.807, 2.05) is 55.5 Å². The van der Waals surface area contributed by atoms with Gasteiger partial charge in [-0.2, -0.15) is 0 Å². The Morgan fingerprint density at radius 3 is 2.38 bits per heavy atom. The van der Waals surface area contributed by atoms with Gasteiger partial charge in [-0.25, -0.2) is 9.97 Å². The summed E-state index contributed by atoms with van der Waals surface area (Å²) in [6.45, 7) is 3.68. The molecule has 6 nitrogen and oxygen atoms in total. The topological polar surface area (TPSA) is 71.0 Å². The van der Waals surface area contributed by atoms with Crippen LogP contribution < -0.4 is 5.32 Å². The van der Waals surface area contributed by atoms with E-state index in [9.17, 15) is 4.79 Å². The number of aromatic nitrogens is 3. The van der Waals surface area contributed by atoms with Crippen LogP contribution in [0.4, 0.5) is 5.95 Å². The molecule has 0 aliphatic rings. The summed E-state index contributed by atoms with van der Waals surface area (Å²) in [6, 6.07) is 15.7. The number of hydrogen-bond donors (Lipinski definition) is 1. The lowest BCUT2D eigenvalue weighted by Gasteiger charge is -2.20. The fraction of sp³-hybridized carbons (Fsp3) is 0.200. The van der Waals surface area contributed by atoms with E-state index < -0.39 is 0 Å². The third kappa shape index (κ3) is 4.63. The Kier molecular flexibility index (Phi) is 5.88. The van der Waals surface area contributed by atoms with Crippen molar-refractivity contribution >= 4 is 11.9 Å². The molecular weight excluding hydrogens is 326 g/mol. The van der Waals surface area contributed by atoms with Crippen molar-refractivity contribution in [3.8, 4) is 0 Å². The fourth-order valence-electron chi connectivity index (χ4n) is 2.52. The van der Waals surface area contributed by atoms with E-state index in [-0.39, 0.29) is 5.91 Å². The van der Waals surface area contributed by atoms with Gasteiger partial charge in [-0.05, 0) is 24.6 Å². The molecule has 0 aliphatic carbocycles. The van der Waals surface area contributed by atoms with Crippen LogP contribution in [-0.2, 0) is 13.1 Å². The number of benzene rings is 1. The first kappa shape index (κ1) is 17.5. The lowest BCUT2D eigenvalue weighted by molar-refractivity contribution is 0.0751. The molecule has 26 heavy (non-hydrogen) atoms. The van der Waals surface area contributed by atoms with Gasteiger partial charge in [-0.3, -0.25) is 9.78 Å². The summed E-state index contributed by atoms with van der Waals surface area (Å²) in [5, 5.41) is 3.10. The number of pyridine rings is 1. The van der Waals surface area contributed by atoms with Gasteiger partial charge in [0, 0.05) is 31.7 Å². The fourth-order valence-corrected chi connectivity index (χ4v) is 2.52. The third-order valence-electron chi connectivity index (χ3n) is 3.94. The van der Waals surface area contributed by atoms with Crippen LogP contribution in [0, 0.1) is 0 Å². The molecule has 1 amide bonds. The molecule has 0 saturated heterocycles. The number of rotatable bonds is 7. The second-order valence-electron chi connectivity index (χ2n) is 5.77. The van der Waals surface area contributed by atoms with Gasteiger partial charge in [0.15, 0.2) is 0 Å². The van der Waals surface area contributed by atoms with Crippen LogP contribution in [0.5, 0.6) is 0 Å². The van der Waals surface area contributed by atoms with Crippen molar-refractivity contribution in [2.24, 2.45) is 0 Å². The Labute approximate surface area is 153 Å². The first-order valence-electron chi connectivity index (χ1n) is 8.55. The summed E-state index contributed by atoms with van der Waals surface area (Å²) >= 11 is 0. The van der Waals surface area contributed by atoms with Gasteiger partial charge in [0.25, 0.3) is 5.91 Å². The molecular formula is C20H21N5O. The highest BCUT2D eigenvalue weighted by Gasteiger charge is 2.15. The molecule has 1 aromatic carbocycles. The van der Waals surface area contributed by atoms with Crippen molar-refractivity contribution < 1.29 is 4.79 Å². The molecule has 0 fully saturated rings. The van der Waals surface area contributed by atoms with Crippen molar-refractivity contribution in [3.05, 3.63) is 83.9 Å². The molecule has 0 aliphatic heterocycles. The number of hydrogen-bond acceptors (Lipinski definition) is 5. The number of nitrogens with one attached hydrogen (secondary N) is 1. The predicted molar refractivity (Wildman–Crippen MR) is 100 cm³/mol. The Morgan fingerprint density at radius 2 is 1.73 bits per heavy atom. The summed E-state index contributed by atoms with van der Waals surface area (Å²) in [6.07, 6.45) is 4.86. The van der Waals surface area contributed by atoms with E-state index in [1.165, 1.54) is 0 Å². The zero-order valence-electron chi connectivity index (χ0n) is 14.7. The van der Waals surface area contributed by atoms with E-state index in [0.29, 0.717) is 31.1 Å². The highest BCUT2D eigenvalue weighted by Crippen LogP contribution is 2.10. The molecule has 0 spiro atoms. The maximum absolute atomic E-state index is 12.7. The number of carbonyl (C=O) groups excluding carboxylic acids is 1. The Morgan fingerprint density at radius 1 is 1.00 bits per heavy atom. The summed E-state index contributed by atoms with van der Waals surface area (Å²) < 4.78 is 0. The molecule has 0 bridgehead atoms. The van der Waals surface area contributed by atoms with Crippen molar-refractivity contribution in [1.29, 1.82) is 0 Å². The monoisotopic (exact) mass is 347 g/mol. The van der Waals surface area contributed by atoms with Crippen molar-refractivity contribution in [2.75, 3.05) is 11.9 Å². The Bertz CT molecular complexity index is 822. The van der Waals surface area contributed by atoms with Crippen LogP contribution in [0.2, 0.25) is 0 Å². The Balaban J connectivity index is 1.62. The molecule has 2 aromatic heterocycles. The standard InChI is InChI=1S/C20H21N5O/c1-2-25(15-16-8-4-3-5-9-16)19(26)17-12-22-20(23-13-17)24-14-18-10-6-7-11-21-18/h3-13H,2,14-15H2,1H3,(H,22,23,24). The van der Waals surface area contributed by atoms with Crippen LogP contribution in [0.25, 0.3) is 0 Å². The zero-order valence-corrected chi connectivity index (χ0v) is 14.7. The largest absolute Gasteiger partial charge is 0.349 e. The van der Waals surface area contributed by atoms with E-state index in [4.69, 9.17) is 0 Å². The number of carbonyl (C=O) groups is 1. The summed E-state index contributed by atoms with van der Waals surface area (Å²) in [5.74, 6) is 0.394. The zero-order chi connectivity index (χ0) is 18.2. The Hall–Kier alpha value is -3.28. The minimum absolute atomic E-state index is 0.0763. The highest BCUT2D eigenvalue weighted by molar-refractivity contribution is 5.93. The maximum atomic E-state index is 12.7. The van der Waals surface area contributed by atoms with E-state index in [2.05, 4.69) is 20.3 Å². The average molecular weight is 347 g/mol. The third-order valence-corrected chi connectivity index (χ3v) is 3.94. The maximum Gasteiger partial charge on any atom is 0.257 e. The van der Waals surface area contributed by atoms with Crippen LogP contribution in [0.15, 0.2) is 67.1 Å². The first-order chi connectivity index (χ1) is 12.8. The molecule has 0 unspecified atom stereocenters. The van der Waals surface area contributed by atoms with Gasteiger partial charge < -0.3 is 10.2 Å².